The first kappa shape index (κ1) is 15.5. The van der Waals surface area contributed by atoms with Gasteiger partial charge in [0.05, 0.1) is 13.0 Å². The molecule has 0 aliphatic rings. The highest BCUT2D eigenvalue weighted by Crippen LogP contribution is 2.28. The highest BCUT2D eigenvalue weighted by molar-refractivity contribution is 9.10. The normalized spacial score (nSPS) is 12.0. The number of hydrogen-bond acceptors (Lipinski definition) is 3. The van der Waals surface area contributed by atoms with Crippen molar-refractivity contribution in [3.05, 3.63) is 57.8 Å². The standard InChI is InChI=1S/C16H16BrNO3/c1-10-7-12(21-2)8-11(18-10)9-14(16(19)20)13-5-3-4-6-15(13)17/h3-8,14H,9H2,1-2H3,(H,19,20). The van der Waals surface area contributed by atoms with Gasteiger partial charge in [0.25, 0.3) is 0 Å². The molecule has 1 atom stereocenters. The van der Waals surface area contributed by atoms with Crippen LogP contribution in [-0.4, -0.2) is 23.2 Å². The van der Waals surface area contributed by atoms with E-state index in [9.17, 15) is 9.90 Å². The summed E-state index contributed by atoms with van der Waals surface area (Å²) >= 11 is 3.41. The molecule has 2 rings (SSSR count). The summed E-state index contributed by atoms with van der Waals surface area (Å²) in [6.45, 7) is 1.86. The van der Waals surface area contributed by atoms with Gasteiger partial charge in [0.1, 0.15) is 5.75 Å². The molecule has 1 heterocycles. The number of halogens is 1. The lowest BCUT2D eigenvalue weighted by Crippen LogP contribution is -2.16. The third-order valence-electron chi connectivity index (χ3n) is 3.21. The van der Waals surface area contributed by atoms with Crippen LogP contribution in [0.1, 0.15) is 22.9 Å². The van der Waals surface area contributed by atoms with Crippen LogP contribution in [0, 0.1) is 6.92 Å². The molecule has 0 fully saturated rings. The predicted molar refractivity (Wildman–Crippen MR) is 83.7 cm³/mol. The van der Waals surface area contributed by atoms with Gasteiger partial charge in [-0.25, -0.2) is 0 Å². The molecule has 0 amide bonds. The monoisotopic (exact) mass is 349 g/mol. The maximum atomic E-state index is 11.6. The average Bonchev–Trinajstić information content (AvgIpc) is 2.45. The number of benzene rings is 1. The molecule has 1 unspecified atom stereocenters. The number of carboxylic acids is 1. The number of carbonyl (C=O) groups is 1. The lowest BCUT2D eigenvalue weighted by atomic mass is 9.94. The van der Waals surface area contributed by atoms with Crippen molar-refractivity contribution >= 4 is 21.9 Å². The molecular formula is C16H16BrNO3. The fraction of sp³-hybridized carbons (Fsp3) is 0.250. The summed E-state index contributed by atoms with van der Waals surface area (Å²) in [6.07, 6.45) is 0.315. The van der Waals surface area contributed by atoms with Crippen LogP contribution in [0.5, 0.6) is 5.75 Å². The van der Waals surface area contributed by atoms with Crippen molar-refractivity contribution in [2.24, 2.45) is 0 Å². The van der Waals surface area contributed by atoms with Crippen LogP contribution in [0.4, 0.5) is 0 Å². The van der Waals surface area contributed by atoms with E-state index in [4.69, 9.17) is 4.74 Å². The molecule has 2 aromatic rings. The van der Waals surface area contributed by atoms with Crippen molar-refractivity contribution < 1.29 is 14.6 Å². The van der Waals surface area contributed by atoms with E-state index in [1.54, 1.807) is 13.2 Å². The van der Waals surface area contributed by atoms with Crippen LogP contribution < -0.4 is 4.74 Å². The van der Waals surface area contributed by atoms with Crippen molar-refractivity contribution in [3.63, 3.8) is 0 Å². The number of aromatic nitrogens is 1. The quantitative estimate of drug-likeness (QED) is 0.896. The van der Waals surface area contributed by atoms with Gasteiger partial charge in [0.15, 0.2) is 0 Å². The Morgan fingerprint density at radius 1 is 1.38 bits per heavy atom. The van der Waals surface area contributed by atoms with E-state index in [0.29, 0.717) is 17.9 Å². The number of rotatable bonds is 5. The highest BCUT2D eigenvalue weighted by Gasteiger charge is 2.23. The van der Waals surface area contributed by atoms with E-state index in [-0.39, 0.29) is 0 Å². The van der Waals surface area contributed by atoms with Crippen molar-refractivity contribution in [3.8, 4) is 5.75 Å². The number of pyridine rings is 1. The molecule has 0 spiro atoms. The Labute approximate surface area is 131 Å². The molecule has 0 radical (unpaired) electrons. The summed E-state index contributed by atoms with van der Waals surface area (Å²) < 4.78 is 6.00. The van der Waals surface area contributed by atoms with Gasteiger partial charge >= 0.3 is 5.97 Å². The van der Waals surface area contributed by atoms with Crippen LogP contribution in [0.3, 0.4) is 0 Å². The maximum Gasteiger partial charge on any atom is 0.311 e. The van der Waals surface area contributed by atoms with Gasteiger partial charge in [-0.05, 0) is 18.6 Å². The molecular weight excluding hydrogens is 334 g/mol. The first-order valence-corrected chi connectivity index (χ1v) is 7.29. The van der Waals surface area contributed by atoms with Gasteiger partial charge in [-0.1, -0.05) is 34.1 Å². The van der Waals surface area contributed by atoms with Crippen molar-refractivity contribution in [1.82, 2.24) is 4.98 Å². The van der Waals surface area contributed by atoms with Gasteiger partial charge in [-0.3, -0.25) is 9.78 Å². The summed E-state index contributed by atoms with van der Waals surface area (Å²) in [5.41, 5.74) is 2.25. The Bertz CT molecular complexity index is 658. The van der Waals surface area contributed by atoms with Gasteiger partial charge in [-0.15, -0.1) is 0 Å². The van der Waals surface area contributed by atoms with Crippen LogP contribution in [0.15, 0.2) is 40.9 Å². The molecule has 0 aliphatic carbocycles. The topological polar surface area (TPSA) is 59.4 Å². The zero-order valence-electron chi connectivity index (χ0n) is 11.8. The zero-order valence-corrected chi connectivity index (χ0v) is 13.4. The minimum Gasteiger partial charge on any atom is -0.497 e. The van der Waals surface area contributed by atoms with Gasteiger partial charge in [0, 0.05) is 34.4 Å². The second kappa shape index (κ2) is 6.72. The second-order valence-corrected chi connectivity index (χ2v) is 5.61. The van der Waals surface area contributed by atoms with Gasteiger partial charge < -0.3 is 9.84 Å². The maximum absolute atomic E-state index is 11.6. The first-order valence-electron chi connectivity index (χ1n) is 6.50. The minimum absolute atomic E-state index is 0.315. The Hall–Kier alpha value is -1.88. The molecule has 1 N–H and O–H groups in total. The largest absolute Gasteiger partial charge is 0.497 e. The second-order valence-electron chi connectivity index (χ2n) is 4.76. The number of hydrogen-bond donors (Lipinski definition) is 1. The summed E-state index contributed by atoms with van der Waals surface area (Å²) in [7, 11) is 1.58. The lowest BCUT2D eigenvalue weighted by Gasteiger charge is -2.15. The number of carboxylic acid groups (broad SMARTS) is 1. The predicted octanol–water partition coefficient (Wildman–Crippen LogP) is 3.57. The van der Waals surface area contributed by atoms with E-state index in [2.05, 4.69) is 20.9 Å². The molecule has 0 aliphatic heterocycles. The summed E-state index contributed by atoms with van der Waals surface area (Å²) in [5, 5.41) is 9.53. The lowest BCUT2D eigenvalue weighted by molar-refractivity contribution is -0.138. The van der Waals surface area contributed by atoms with Crippen molar-refractivity contribution in [1.29, 1.82) is 0 Å². The molecule has 0 saturated carbocycles. The fourth-order valence-corrected chi connectivity index (χ4v) is 2.78. The number of nitrogens with zero attached hydrogens (tertiary/aromatic N) is 1. The number of aliphatic carboxylic acids is 1. The number of methoxy groups -OCH3 is 1. The van der Waals surface area contributed by atoms with Crippen LogP contribution in [0.2, 0.25) is 0 Å². The van der Waals surface area contributed by atoms with Crippen molar-refractivity contribution in [2.75, 3.05) is 7.11 Å². The third-order valence-corrected chi connectivity index (χ3v) is 3.93. The first-order chi connectivity index (χ1) is 10.0. The molecule has 110 valence electrons. The van der Waals surface area contributed by atoms with Crippen LogP contribution >= 0.6 is 15.9 Å². The van der Waals surface area contributed by atoms with Gasteiger partial charge in [-0.2, -0.15) is 0 Å². The van der Waals surface area contributed by atoms with E-state index < -0.39 is 11.9 Å². The van der Waals surface area contributed by atoms with Crippen LogP contribution in [0.25, 0.3) is 0 Å². The summed E-state index contributed by atoms with van der Waals surface area (Å²) in [4.78, 5) is 16.0. The molecule has 1 aromatic carbocycles. The van der Waals surface area contributed by atoms with E-state index in [1.807, 2.05) is 37.3 Å². The molecule has 5 heteroatoms. The zero-order chi connectivity index (χ0) is 15.4. The van der Waals surface area contributed by atoms with Crippen LogP contribution in [-0.2, 0) is 11.2 Å². The molecule has 21 heavy (non-hydrogen) atoms. The van der Waals surface area contributed by atoms with E-state index >= 15 is 0 Å². The Kier molecular flexibility index (Phi) is 4.96. The fourth-order valence-electron chi connectivity index (χ4n) is 2.22. The smallest absolute Gasteiger partial charge is 0.311 e. The molecule has 0 saturated heterocycles. The number of aryl methyl sites for hydroxylation is 1. The van der Waals surface area contributed by atoms with Crippen molar-refractivity contribution in [2.45, 2.75) is 19.3 Å². The average molecular weight is 350 g/mol. The summed E-state index contributed by atoms with van der Waals surface area (Å²) in [5.74, 6) is -0.836. The minimum atomic E-state index is -0.871. The SMILES string of the molecule is COc1cc(C)nc(CC(C(=O)O)c2ccccc2Br)c1. The molecule has 4 nitrogen and oxygen atoms in total. The van der Waals surface area contributed by atoms with Gasteiger partial charge in [0.2, 0.25) is 0 Å². The highest BCUT2D eigenvalue weighted by atomic mass is 79.9. The number of ether oxygens (including phenoxy) is 1. The Morgan fingerprint density at radius 3 is 2.71 bits per heavy atom. The Morgan fingerprint density at radius 2 is 2.10 bits per heavy atom. The molecule has 1 aromatic heterocycles. The third kappa shape index (κ3) is 3.82. The molecule has 0 bridgehead atoms. The van der Waals surface area contributed by atoms with E-state index in [1.165, 1.54) is 0 Å². The Balaban J connectivity index is 2.35. The van der Waals surface area contributed by atoms with E-state index in [0.717, 1.165) is 15.7 Å². The summed E-state index contributed by atoms with van der Waals surface area (Å²) in [6, 6.07) is 10.9.